The number of rotatable bonds is 10. The molecule has 1 N–H and O–H groups in total. The summed E-state index contributed by atoms with van der Waals surface area (Å²) in [5, 5.41) is 8.14. The first-order valence-corrected chi connectivity index (χ1v) is 14.8. The van der Waals surface area contributed by atoms with E-state index < -0.39 is 11.6 Å². The molecule has 228 valence electrons. The van der Waals surface area contributed by atoms with Crippen LogP contribution in [0.3, 0.4) is 0 Å². The SMILES string of the molecule is CCCc1nc(C)c(Cc2nc(Cc3ccc(F)cc3Cl)no2)c(=O)n1Cc1ccc(-c2ccccc2-c2noc(=O)[nH]2)cc1. The summed E-state index contributed by atoms with van der Waals surface area (Å²) in [4.78, 5) is 37.3. The number of halogens is 2. The maximum absolute atomic E-state index is 13.9. The van der Waals surface area contributed by atoms with E-state index in [1.165, 1.54) is 12.1 Å². The molecule has 0 bridgehead atoms. The molecule has 0 radical (unpaired) electrons. The monoisotopic (exact) mass is 626 g/mol. The van der Waals surface area contributed by atoms with E-state index in [0.717, 1.165) is 28.7 Å². The Labute approximate surface area is 261 Å². The zero-order valence-corrected chi connectivity index (χ0v) is 25.3. The van der Waals surface area contributed by atoms with Crippen LogP contribution in [0.25, 0.3) is 22.5 Å². The number of H-pyrrole nitrogens is 1. The Morgan fingerprint density at radius 3 is 2.42 bits per heavy atom. The molecule has 0 saturated carbocycles. The number of benzene rings is 3. The highest BCUT2D eigenvalue weighted by Gasteiger charge is 2.19. The minimum atomic E-state index is -0.621. The van der Waals surface area contributed by atoms with Crippen LogP contribution < -0.4 is 11.3 Å². The van der Waals surface area contributed by atoms with E-state index in [1.54, 1.807) is 10.6 Å². The number of nitrogens with zero attached hydrogens (tertiary/aromatic N) is 5. The van der Waals surface area contributed by atoms with Crippen LogP contribution in [0.2, 0.25) is 5.02 Å². The lowest BCUT2D eigenvalue weighted by atomic mass is 9.98. The molecule has 0 spiro atoms. The molecule has 10 nitrogen and oxygen atoms in total. The van der Waals surface area contributed by atoms with Gasteiger partial charge in [-0.25, -0.2) is 14.2 Å². The predicted octanol–water partition coefficient (Wildman–Crippen LogP) is 5.92. The molecule has 0 fully saturated rings. The summed E-state index contributed by atoms with van der Waals surface area (Å²) in [6.07, 6.45) is 1.84. The highest BCUT2D eigenvalue weighted by molar-refractivity contribution is 6.31. The molecule has 0 amide bonds. The molecule has 0 aliphatic carbocycles. The van der Waals surface area contributed by atoms with E-state index in [9.17, 15) is 14.0 Å². The third-order valence-electron chi connectivity index (χ3n) is 7.45. The van der Waals surface area contributed by atoms with Gasteiger partial charge in [0.1, 0.15) is 11.6 Å². The average Bonchev–Trinajstić information content (AvgIpc) is 3.67. The van der Waals surface area contributed by atoms with Crippen LogP contribution in [0.1, 0.15) is 53.3 Å². The highest BCUT2D eigenvalue weighted by atomic mass is 35.5. The van der Waals surface area contributed by atoms with Gasteiger partial charge >= 0.3 is 5.76 Å². The maximum atomic E-state index is 13.9. The van der Waals surface area contributed by atoms with Gasteiger partial charge in [-0.2, -0.15) is 4.98 Å². The van der Waals surface area contributed by atoms with Crippen LogP contribution in [0, 0.1) is 12.7 Å². The quantitative estimate of drug-likeness (QED) is 0.198. The Bertz CT molecular complexity index is 2100. The van der Waals surface area contributed by atoms with Gasteiger partial charge in [0.15, 0.2) is 11.6 Å². The fourth-order valence-electron chi connectivity index (χ4n) is 5.22. The van der Waals surface area contributed by atoms with Crippen LogP contribution >= 0.6 is 11.6 Å². The van der Waals surface area contributed by atoms with E-state index in [0.29, 0.717) is 47.3 Å². The Kier molecular flexibility index (Phi) is 8.52. The minimum absolute atomic E-state index is 0.119. The van der Waals surface area contributed by atoms with Crippen LogP contribution in [0.4, 0.5) is 4.39 Å². The third-order valence-corrected chi connectivity index (χ3v) is 7.80. The standard InChI is InChI=1S/C33H28ClFN6O4/c1-3-6-29-36-19(2)26(17-30-37-28(39-44-30)15-22-13-14-23(35)16-27(22)34)32(42)41(29)18-20-9-11-21(12-10-20)24-7-4-5-8-25(24)31-38-33(43)45-40-31/h4-5,7-14,16H,3,6,15,17-18H2,1-2H3,(H,38,40,43). The summed E-state index contributed by atoms with van der Waals surface area (Å²) in [7, 11) is 0. The second-order valence-electron chi connectivity index (χ2n) is 10.6. The van der Waals surface area contributed by atoms with E-state index in [4.69, 9.17) is 25.6 Å². The molecular formula is C33H28ClFN6O4. The first kappa shape index (κ1) is 29.9. The summed E-state index contributed by atoms with van der Waals surface area (Å²) in [6.45, 7) is 4.18. The molecule has 6 aromatic rings. The fourth-order valence-corrected chi connectivity index (χ4v) is 5.45. The van der Waals surface area contributed by atoms with Crippen molar-refractivity contribution in [3.63, 3.8) is 0 Å². The van der Waals surface area contributed by atoms with Crippen molar-refractivity contribution in [2.75, 3.05) is 0 Å². The number of aromatic amines is 1. The lowest BCUT2D eigenvalue weighted by Crippen LogP contribution is -2.30. The average molecular weight is 627 g/mol. The molecule has 0 unspecified atom stereocenters. The van der Waals surface area contributed by atoms with Crippen molar-refractivity contribution in [2.45, 2.75) is 46.1 Å². The molecule has 12 heteroatoms. The van der Waals surface area contributed by atoms with Crippen LogP contribution in [-0.2, 0) is 25.8 Å². The molecule has 3 heterocycles. The van der Waals surface area contributed by atoms with Crippen molar-refractivity contribution in [3.8, 4) is 22.5 Å². The maximum Gasteiger partial charge on any atom is 0.439 e. The summed E-state index contributed by atoms with van der Waals surface area (Å²) < 4.78 is 25.3. The van der Waals surface area contributed by atoms with E-state index >= 15 is 0 Å². The minimum Gasteiger partial charge on any atom is -0.339 e. The van der Waals surface area contributed by atoms with Crippen LogP contribution in [0.15, 0.2) is 85.4 Å². The summed E-state index contributed by atoms with van der Waals surface area (Å²) in [5.41, 5.74) is 5.01. The van der Waals surface area contributed by atoms with Crippen molar-refractivity contribution in [1.29, 1.82) is 0 Å². The molecular weight excluding hydrogens is 599 g/mol. The van der Waals surface area contributed by atoms with Crippen LogP contribution in [-0.4, -0.2) is 29.8 Å². The molecule has 3 aromatic carbocycles. The van der Waals surface area contributed by atoms with Gasteiger partial charge < -0.3 is 4.52 Å². The van der Waals surface area contributed by atoms with Crippen molar-refractivity contribution in [1.82, 2.24) is 29.8 Å². The first-order valence-electron chi connectivity index (χ1n) is 14.4. The number of aromatic nitrogens is 6. The van der Waals surface area contributed by atoms with Crippen molar-refractivity contribution in [3.05, 3.63) is 138 Å². The second-order valence-corrected chi connectivity index (χ2v) is 11.0. The van der Waals surface area contributed by atoms with Crippen molar-refractivity contribution < 1.29 is 13.4 Å². The van der Waals surface area contributed by atoms with E-state index in [2.05, 4.69) is 20.3 Å². The molecule has 0 aliphatic heterocycles. The third kappa shape index (κ3) is 6.53. The Morgan fingerprint density at radius 2 is 1.71 bits per heavy atom. The fraction of sp³-hybridized carbons (Fsp3) is 0.212. The summed E-state index contributed by atoms with van der Waals surface area (Å²) in [5.74, 6) is 0.655. The summed E-state index contributed by atoms with van der Waals surface area (Å²) >= 11 is 6.16. The molecule has 0 aliphatic rings. The Morgan fingerprint density at radius 1 is 0.933 bits per heavy atom. The largest absolute Gasteiger partial charge is 0.439 e. The van der Waals surface area contributed by atoms with Crippen molar-refractivity contribution >= 4 is 11.6 Å². The zero-order valence-electron chi connectivity index (χ0n) is 24.5. The topological polar surface area (TPSA) is 133 Å². The van der Waals surface area contributed by atoms with Gasteiger partial charge in [-0.3, -0.25) is 18.9 Å². The first-order chi connectivity index (χ1) is 21.8. The number of hydrogen-bond donors (Lipinski definition) is 1. The molecule has 6 rings (SSSR count). The predicted molar refractivity (Wildman–Crippen MR) is 166 cm³/mol. The number of nitrogens with one attached hydrogen (secondary N) is 1. The number of aryl methyl sites for hydroxylation is 2. The molecule has 0 atom stereocenters. The normalized spacial score (nSPS) is 11.3. The lowest BCUT2D eigenvalue weighted by Gasteiger charge is -2.16. The Hall–Kier alpha value is -5.16. The van der Waals surface area contributed by atoms with Gasteiger partial charge in [0.05, 0.1) is 13.0 Å². The molecule has 45 heavy (non-hydrogen) atoms. The van der Waals surface area contributed by atoms with Gasteiger partial charge in [-0.05, 0) is 47.7 Å². The van der Waals surface area contributed by atoms with Gasteiger partial charge in [0, 0.05) is 34.7 Å². The highest BCUT2D eigenvalue weighted by Crippen LogP contribution is 2.30. The molecule has 3 aromatic heterocycles. The number of hydrogen-bond acceptors (Lipinski definition) is 8. The molecule has 0 saturated heterocycles. The van der Waals surface area contributed by atoms with Gasteiger partial charge in [0.25, 0.3) is 5.56 Å². The lowest BCUT2D eigenvalue weighted by molar-refractivity contribution is 0.379. The Balaban J connectivity index is 1.26. The summed E-state index contributed by atoms with van der Waals surface area (Å²) in [6, 6.07) is 19.6. The van der Waals surface area contributed by atoms with E-state index in [-0.39, 0.29) is 29.3 Å². The van der Waals surface area contributed by atoms with Gasteiger partial charge in [-0.15, -0.1) is 0 Å². The van der Waals surface area contributed by atoms with Gasteiger partial charge in [-0.1, -0.05) is 83.4 Å². The zero-order chi connectivity index (χ0) is 31.5. The van der Waals surface area contributed by atoms with Gasteiger partial charge in [0.2, 0.25) is 5.89 Å². The second kappa shape index (κ2) is 12.8. The van der Waals surface area contributed by atoms with E-state index in [1.807, 2.05) is 62.4 Å². The van der Waals surface area contributed by atoms with Crippen LogP contribution in [0.5, 0.6) is 0 Å². The smallest absolute Gasteiger partial charge is 0.339 e. The van der Waals surface area contributed by atoms with Crippen molar-refractivity contribution in [2.24, 2.45) is 0 Å².